The molecule has 0 aliphatic heterocycles. The summed E-state index contributed by atoms with van der Waals surface area (Å²) in [6.07, 6.45) is 8.32. The average Bonchev–Trinajstić information content (AvgIpc) is 2.39. The first kappa shape index (κ1) is 15.4. The van der Waals surface area contributed by atoms with E-state index in [0.29, 0.717) is 0 Å². The average molecular weight is 274 g/mol. The van der Waals surface area contributed by atoms with Crippen molar-refractivity contribution < 1.29 is 4.74 Å². The lowest BCUT2D eigenvalue weighted by Crippen LogP contribution is -2.22. The fraction of sp³-hybridized carbons (Fsp3) is 0.684. The third-order valence-electron chi connectivity index (χ3n) is 4.32. The molecule has 1 saturated carbocycles. The Balaban J connectivity index is 1.91. The van der Waals surface area contributed by atoms with Gasteiger partial charge in [-0.2, -0.15) is 0 Å². The minimum Gasteiger partial charge on any atom is -0.488 e. The molecule has 1 nitrogen and oxygen atoms in total. The number of hydrogen-bond donors (Lipinski definition) is 0. The lowest BCUT2D eigenvalue weighted by Gasteiger charge is -2.29. The van der Waals surface area contributed by atoms with Gasteiger partial charge in [-0.15, -0.1) is 0 Å². The molecule has 0 heterocycles. The molecular weight excluding hydrogens is 244 g/mol. The molecule has 0 bridgehead atoms. The maximum atomic E-state index is 5.89. The maximum Gasteiger partial charge on any atom is 0.120 e. The highest BCUT2D eigenvalue weighted by Crippen LogP contribution is 2.37. The quantitative estimate of drug-likeness (QED) is 0.660. The van der Waals surface area contributed by atoms with E-state index in [0.717, 1.165) is 17.6 Å². The summed E-state index contributed by atoms with van der Waals surface area (Å²) >= 11 is 0. The molecule has 0 saturated heterocycles. The van der Waals surface area contributed by atoms with E-state index in [1.54, 1.807) is 0 Å². The molecule has 1 heteroatoms. The SMILES string of the molecule is CCCC1CCC(c2ccc(OC(C)(C)C)cc2)CC1. The smallest absolute Gasteiger partial charge is 0.120 e. The normalized spacial score (nSPS) is 23.6. The van der Waals surface area contributed by atoms with E-state index in [1.165, 1.54) is 44.1 Å². The van der Waals surface area contributed by atoms with Crippen LogP contribution in [-0.2, 0) is 0 Å². The summed E-state index contributed by atoms with van der Waals surface area (Å²) in [5.41, 5.74) is 1.39. The van der Waals surface area contributed by atoms with Crippen molar-refractivity contribution in [3.05, 3.63) is 29.8 Å². The Morgan fingerprint density at radius 1 is 1.00 bits per heavy atom. The van der Waals surface area contributed by atoms with Crippen LogP contribution in [0.5, 0.6) is 5.75 Å². The van der Waals surface area contributed by atoms with Crippen LogP contribution < -0.4 is 4.74 Å². The lowest BCUT2D eigenvalue weighted by molar-refractivity contribution is 0.131. The lowest BCUT2D eigenvalue weighted by atomic mass is 9.77. The van der Waals surface area contributed by atoms with Crippen LogP contribution in [0.1, 0.15) is 77.7 Å². The molecule has 0 unspecified atom stereocenters. The monoisotopic (exact) mass is 274 g/mol. The van der Waals surface area contributed by atoms with Crippen LogP contribution >= 0.6 is 0 Å². The highest BCUT2D eigenvalue weighted by Gasteiger charge is 2.22. The molecule has 20 heavy (non-hydrogen) atoms. The molecular formula is C19H30O. The maximum absolute atomic E-state index is 5.89. The van der Waals surface area contributed by atoms with Crippen molar-refractivity contribution in [3.63, 3.8) is 0 Å². The van der Waals surface area contributed by atoms with Crippen molar-refractivity contribution >= 4 is 0 Å². The van der Waals surface area contributed by atoms with Gasteiger partial charge in [0.1, 0.15) is 11.4 Å². The number of benzene rings is 1. The van der Waals surface area contributed by atoms with Crippen LogP contribution in [0.4, 0.5) is 0 Å². The minimum atomic E-state index is -0.111. The Bertz CT molecular complexity index is 391. The van der Waals surface area contributed by atoms with E-state index >= 15 is 0 Å². The summed E-state index contributed by atoms with van der Waals surface area (Å²) in [7, 11) is 0. The second-order valence-electron chi connectivity index (χ2n) is 7.29. The second-order valence-corrected chi connectivity index (χ2v) is 7.29. The van der Waals surface area contributed by atoms with Gasteiger partial charge < -0.3 is 4.74 Å². The van der Waals surface area contributed by atoms with E-state index in [-0.39, 0.29) is 5.60 Å². The standard InChI is InChI=1S/C19H30O/c1-5-6-15-7-9-16(10-8-15)17-11-13-18(14-12-17)20-19(2,3)4/h11-16H,5-10H2,1-4H3. The number of hydrogen-bond acceptors (Lipinski definition) is 1. The van der Waals surface area contributed by atoms with Gasteiger partial charge >= 0.3 is 0 Å². The van der Waals surface area contributed by atoms with Gasteiger partial charge in [0.25, 0.3) is 0 Å². The predicted octanol–water partition coefficient (Wildman–Crippen LogP) is 5.94. The molecule has 1 aliphatic rings. The minimum absolute atomic E-state index is 0.111. The van der Waals surface area contributed by atoms with Crippen molar-refractivity contribution in [3.8, 4) is 5.75 Å². The molecule has 1 aromatic rings. The van der Waals surface area contributed by atoms with Crippen LogP contribution in [0.25, 0.3) is 0 Å². The molecule has 0 amide bonds. The van der Waals surface area contributed by atoms with Crippen molar-refractivity contribution in [2.24, 2.45) is 5.92 Å². The molecule has 1 fully saturated rings. The van der Waals surface area contributed by atoms with E-state index < -0.39 is 0 Å². The van der Waals surface area contributed by atoms with Crippen molar-refractivity contribution in [2.45, 2.75) is 77.7 Å². The number of rotatable bonds is 4. The molecule has 0 spiro atoms. The van der Waals surface area contributed by atoms with Gasteiger partial charge in [0.15, 0.2) is 0 Å². The Kier molecular flexibility index (Phi) is 5.12. The fourth-order valence-electron chi connectivity index (χ4n) is 3.35. The highest BCUT2D eigenvalue weighted by atomic mass is 16.5. The molecule has 1 aliphatic carbocycles. The first-order valence-electron chi connectivity index (χ1n) is 8.27. The van der Waals surface area contributed by atoms with Gasteiger partial charge in [-0.25, -0.2) is 0 Å². The molecule has 0 atom stereocenters. The van der Waals surface area contributed by atoms with Gasteiger partial charge in [-0.1, -0.05) is 31.9 Å². The molecule has 1 aromatic carbocycles. The summed E-state index contributed by atoms with van der Waals surface area (Å²) < 4.78 is 5.89. The summed E-state index contributed by atoms with van der Waals surface area (Å²) in [6.45, 7) is 8.59. The van der Waals surface area contributed by atoms with Gasteiger partial charge in [-0.05, 0) is 76.0 Å². The van der Waals surface area contributed by atoms with Gasteiger partial charge in [0.05, 0.1) is 0 Å². The van der Waals surface area contributed by atoms with Crippen LogP contribution in [-0.4, -0.2) is 5.60 Å². The van der Waals surface area contributed by atoms with Crippen LogP contribution in [0, 0.1) is 5.92 Å². The molecule has 0 aromatic heterocycles. The van der Waals surface area contributed by atoms with Crippen LogP contribution in [0.15, 0.2) is 24.3 Å². The summed E-state index contributed by atoms with van der Waals surface area (Å²) in [5, 5.41) is 0. The van der Waals surface area contributed by atoms with Crippen molar-refractivity contribution in [1.29, 1.82) is 0 Å². The van der Waals surface area contributed by atoms with Crippen molar-refractivity contribution in [2.75, 3.05) is 0 Å². The van der Waals surface area contributed by atoms with Crippen LogP contribution in [0.2, 0.25) is 0 Å². The van der Waals surface area contributed by atoms with E-state index in [1.807, 2.05) is 0 Å². The third kappa shape index (κ3) is 4.54. The van der Waals surface area contributed by atoms with Crippen molar-refractivity contribution in [1.82, 2.24) is 0 Å². The number of ether oxygens (including phenoxy) is 1. The Morgan fingerprint density at radius 2 is 1.60 bits per heavy atom. The summed E-state index contributed by atoms with van der Waals surface area (Å²) in [5.74, 6) is 2.74. The zero-order valence-corrected chi connectivity index (χ0v) is 13.6. The Morgan fingerprint density at radius 3 is 2.10 bits per heavy atom. The highest BCUT2D eigenvalue weighted by molar-refractivity contribution is 5.30. The first-order chi connectivity index (χ1) is 9.48. The topological polar surface area (TPSA) is 9.23 Å². The zero-order chi connectivity index (χ0) is 14.6. The van der Waals surface area contributed by atoms with Crippen LogP contribution in [0.3, 0.4) is 0 Å². The predicted molar refractivity (Wildman–Crippen MR) is 86.4 cm³/mol. The second kappa shape index (κ2) is 6.65. The molecule has 0 N–H and O–H groups in total. The summed E-state index contributed by atoms with van der Waals surface area (Å²) in [6, 6.07) is 8.81. The Hall–Kier alpha value is -0.980. The molecule has 112 valence electrons. The third-order valence-corrected chi connectivity index (χ3v) is 4.32. The van der Waals surface area contributed by atoms with Gasteiger partial charge in [0, 0.05) is 0 Å². The first-order valence-corrected chi connectivity index (χ1v) is 8.27. The molecule has 0 radical (unpaired) electrons. The zero-order valence-electron chi connectivity index (χ0n) is 13.6. The Labute approximate surface area is 124 Å². The van der Waals surface area contributed by atoms with E-state index in [2.05, 4.69) is 52.0 Å². The fourth-order valence-corrected chi connectivity index (χ4v) is 3.35. The summed E-state index contributed by atoms with van der Waals surface area (Å²) in [4.78, 5) is 0. The van der Waals surface area contributed by atoms with E-state index in [9.17, 15) is 0 Å². The van der Waals surface area contributed by atoms with Gasteiger partial charge in [0.2, 0.25) is 0 Å². The van der Waals surface area contributed by atoms with E-state index in [4.69, 9.17) is 4.74 Å². The van der Waals surface area contributed by atoms with Gasteiger partial charge in [-0.3, -0.25) is 0 Å². The molecule has 2 rings (SSSR count). The largest absolute Gasteiger partial charge is 0.488 e.